The minimum absolute atomic E-state index is 0.356. The van der Waals surface area contributed by atoms with Gasteiger partial charge >= 0.3 is 0 Å². The zero-order chi connectivity index (χ0) is 11.8. The summed E-state index contributed by atoms with van der Waals surface area (Å²) in [5, 5.41) is 4.80. The highest BCUT2D eigenvalue weighted by Crippen LogP contribution is 2.31. The highest BCUT2D eigenvalue weighted by atomic mass is 35.5. The molecule has 88 valence electrons. The molecular formula is C10H9ClN4S2. The van der Waals surface area contributed by atoms with Crippen molar-refractivity contribution in [3.63, 3.8) is 0 Å². The highest BCUT2D eigenvalue weighted by molar-refractivity contribution is 8.14. The van der Waals surface area contributed by atoms with Gasteiger partial charge in [-0.25, -0.2) is 0 Å². The van der Waals surface area contributed by atoms with Gasteiger partial charge in [-0.1, -0.05) is 23.4 Å². The molecule has 0 amide bonds. The monoisotopic (exact) mass is 284 g/mol. The number of halogens is 1. The van der Waals surface area contributed by atoms with Crippen molar-refractivity contribution in [2.45, 2.75) is 13.0 Å². The number of hydrogen-bond acceptors (Lipinski definition) is 6. The zero-order valence-corrected chi connectivity index (χ0v) is 11.4. The van der Waals surface area contributed by atoms with Gasteiger partial charge in [-0.15, -0.1) is 0 Å². The second-order valence-corrected chi connectivity index (χ2v) is 5.72. The molecule has 3 rings (SSSR count). The number of aliphatic imine (C=N–C) groups is 1. The van der Waals surface area contributed by atoms with Crippen molar-refractivity contribution >= 4 is 57.0 Å². The number of hydrogen-bond donors (Lipinski definition) is 1. The van der Waals surface area contributed by atoms with Crippen LogP contribution in [0.5, 0.6) is 0 Å². The molecule has 0 saturated carbocycles. The first kappa shape index (κ1) is 11.3. The molecule has 2 aromatic rings. The first-order chi connectivity index (χ1) is 8.24. The average Bonchev–Trinajstić information content (AvgIpc) is 2.91. The molecule has 4 nitrogen and oxygen atoms in total. The fourth-order valence-corrected chi connectivity index (χ4v) is 3.24. The van der Waals surface area contributed by atoms with E-state index in [1.807, 2.05) is 12.1 Å². The summed E-state index contributed by atoms with van der Waals surface area (Å²) in [6.07, 6.45) is 0. The van der Waals surface area contributed by atoms with Crippen molar-refractivity contribution < 1.29 is 0 Å². The molecule has 17 heavy (non-hydrogen) atoms. The second kappa shape index (κ2) is 4.44. The van der Waals surface area contributed by atoms with Crippen LogP contribution in [0.3, 0.4) is 0 Å². The van der Waals surface area contributed by atoms with Crippen molar-refractivity contribution in [2.24, 2.45) is 4.99 Å². The van der Waals surface area contributed by atoms with Gasteiger partial charge in [0.2, 0.25) is 0 Å². The number of aromatic nitrogens is 2. The average molecular weight is 285 g/mol. The molecule has 1 aromatic heterocycles. The van der Waals surface area contributed by atoms with Crippen LogP contribution in [0.2, 0.25) is 5.02 Å². The van der Waals surface area contributed by atoms with Gasteiger partial charge in [0.1, 0.15) is 11.0 Å². The summed E-state index contributed by atoms with van der Waals surface area (Å²) in [6.45, 7) is 2.09. The fraction of sp³-hybridized carbons (Fsp3) is 0.300. The molecule has 0 spiro atoms. The summed E-state index contributed by atoms with van der Waals surface area (Å²) in [7, 11) is 0. The van der Waals surface area contributed by atoms with Crippen molar-refractivity contribution in [1.29, 1.82) is 0 Å². The predicted molar refractivity (Wildman–Crippen MR) is 75.4 cm³/mol. The van der Waals surface area contributed by atoms with Crippen LogP contribution in [0, 0.1) is 0 Å². The molecule has 0 saturated heterocycles. The smallest absolute Gasteiger partial charge is 0.161 e. The Balaban J connectivity index is 2.01. The summed E-state index contributed by atoms with van der Waals surface area (Å²) < 4.78 is 8.46. The van der Waals surface area contributed by atoms with E-state index in [1.165, 1.54) is 11.7 Å². The van der Waals surface area contributed by atoms with E-state index in [0.29, 0.717) is 11.1 Å². The largest absolute Gasteiger partial charge is 0.332 e. The molecular weight excluding hydrogens is 276 g/mol. The quantitative estimate of drug-likeness (QED) is 0.873. The number of fused-ring (bicyclic) bond motifs is 1. The van der Waals surface area contributed by atoms with Gasteiger partial charge in [-0.2, -0.15) is 8.75 Å². The Morgan fingerprint density at radius 2 is 2.29 bits per heavy atom. The van der Waals surface area contributed by atoms with Gasteiger partial charge < -0.3 is 5.32 Å². The number of rotatable bonds is 1. The van der Waals surface area contributed by atoms with E-state index in [2.05, 4.69) is 26.0 Å². The Kier molecular flexibility index (Phi) is 2.94. The lowest BCUT2D eigenvalue weighted by Gasteiger charge is -2.07. The van der Waals surface area contributed by atoms with Crippen LogP contribution >= 0.6 is 35.1 Å². The summed E-state index contributed by atoms with van der Waals surface area (Å²) >= 11 is 9.07. The van der Waals surface area contributed by atoms with Gasteiger partial charge in [0, 0.05) is 5.75 Å². The Labute approximate surface area is 112 Å². The van der Waals surface area contributed by atoms with E-state index in [1.54, 1.807) is 11.8 Å². The number of nitrogens with zero attached hydrogens (tertiary/aromatic N) is 3. The van der Waals surface area contributed by atoms with Gasteiger partial charge in [0.05, 0.1) is 28.5 Å². The van der Waals surface area contributed by atoms with Crippen LogP contribution in [-0.2, 0) is 0 Å². The van der Waals surface area contributed by atoms with Crippen molar-refractivity contribution in [1.82, 2.24) is 8.75 Å². The molecule has 0 bridgehead atoms. The summed E-state index contributed by atoms with van der Waals surface area (Å²) in [6, 6.07) is 4.06. The third-order valence-corrected chi connectivity index (χ3v) is 4.40. The van der Waals surface area contributed by atoms with Crippen molar-refractivity contribution in [2.75, 3.05) is 11.1 Å². The number of anilines is 1. The van der Waals surface area contributed by atoms with E-state index in [-0.39, 0.29) is 0 Å². The molecule has 1 aliphatic rings. The van der Waals surface area contributed by atoms with E-state index >= 15 is 0 Å². The summed E-state index contributed by atoms with van der Waals surface area (Å²) in [4.78, 5) is 4.48. The molecule has 1 atom stereocenters. The molecule has 1 N–H and O–H groups in total. The SMILES string of the molecule is CC1CSC(Nc2c(Cl)ccc3nsnc23)=N1. The van der Waals surface area contributed by atoms with Crippen molar-refractivity contribution in [3.8, 4) is 0 Å². The van der Waals surface area contributed by atoms with E-state index in [0.717, 1.165) is 27.6 Å². The van der Waals surface area contributed by atoms with Gasteiger partial charge in [0.25, 0.3) is 0 Å². The normalized spacial score (nSPS) is 19.6. The molecule has 1 unspecified atom stereocenters. The van der Waals surface area contributed by atoms with Gasteiger partial charge in [0.15, 0.2) is 5.17 Å². The first-order valence-electron chi connectivity index (χ1n) is 5.12. The van der Waals surface area contributed by atoms with Crippen LogP contribution in [-0.4, -0.2) is 25.7 Å². The maximum absolute atomic E-state index is 6.19. The highest BCUT2D eigenvalue weighted by Gasteiger charge is 2.17. The lowest BCUT2D eigenvalue weighted by atomic mass is 10.2. The van der Waals surface area contributed by atoms with Crippen LogP contribution in [0.4, 0.5) is 5.69 Å². The standard InChI is InChI=1S/C10H9ClN4S2/c1-5-4-16-10(12-5)13-8-6(11)2-3-7-9(8)15-17-14-7/h2-3,5H,4H2,1H3,(H,12,13). The minimum atomic E-state index is 0.356. The molecule has 0 fully saturated rings. The Morgan fingerprint density at radius 1 is 1.41 bits per heavy atom. The topological polar surface area (TPSA) is 50.2 Å². The summed E-state index contributed by atoms with van der Waals surface area (Å²) in [5.74, 6) is 1.01. The van der Waals surface area contributed by atoms with E-state index in [9.17, 15) is 0 Å². The van der Waals surface area contributed by atoms with E-state index in [4.69, 9.17) is 11.6 Å². The zero-order valence-electron chi connectivity index (χ0n) is 8.98. The fourth-order valence-electron chi connectivity index (χ4n) is 1.60. The van der Waals surface area contributed by atoms with Gasteiger partial charge in [-0.3, -0.25) is 4.99 Å². The Hall–Kier alpha value is -0.850. The van der Waals surface area contributed by atoms with Crippen LogP contribution in [0.15, 0.2) is 17.1 Å². The maximum Gasteiger partial charge on any atom is 0.161 e. The van der Waals surface area contributed by atoms with E-state index < -0.39 is 0 Å². The number of benzene rings is 1. The number of nitrogens with one attached hydrogen (secondary N) is 1. The van der Waals surface area contributed by atoms with Crippen LogP contribution in [0.25, 0.3) is 11.0 Å². The number of amidine groups is 1. The number of thioether (sulfide) groups is 1. The van der Waals surface area contributed by atoms with Crippen LogP contribution < -0.4 is 5.32 Å². The van der Waals surface area contributed by atoms with Gasteiger partial charge in [-0.05, 0) is 19.1 Å². The molecule has 7 heteroatoms. The predicted octanol–water partition coefficient (Wildman–Crippen LogP) is 3.25. The third-order valence-electron chi connectivity index (χ3n) is 2.41. The lowest BCUT2D eigenvalue weighted by molar-refractivity contribution is 0.865. The van der Waals surface area contributed by atoms with Crippen LogP contribution in [0.1, 0.15) is 6.92 Å². The maximum atomic E-state index is 6.19. The summed E-state index contributed by atoms with van der Waals surface area (Å²) in [5.41, 5.74) is 2.47. The molecule has 0 aliphatic carbocycles. The molecule has 0 radical (unpaired) electrons. The Bertz CT molecular complexity index is 595. The van der Waals surface area contributed by atoms with Crippen molar-refractivity contribution in [3.05, 3.63) is 17.2 Å². The Morgan fingerprint density at radius 3 is 3.06 bits per heavy atom. The lowest BCUT2D eigenvalue weighted by Crippen LogP contribution is -2.06. The molecule has 1 aromatic carbocycles. The first-order valence-corrected chi connectivity index (χ1v) is 7.22. The third kappa shape index (κ3) is 2.12. The second-order valence-electron chi connectivity index (χ2n) is 3.77. The minimum Gasteiger partial charge on any atom is -0.332 e. The molecule has 1 aliphatic heterocycles. The molecule has 2 heterocycles.